The minimum Gasteiger partial charge on any atom is -0.449 e. The molecule has 0 bridgehead atoms. The quantitative estimate of drug-likeness (QED) is 0.784. The second-order valence-corrected chi connectivity index (χ2v) is 6.03. The van der Waals surface area contributed by atoms with Crippen LogP contribution in [0.3, 0.4) is 0 Å². The summed E-state index contributed by atoms with van der Waals surface area (Å²) in [5.41, 5.74) is 0. The lowest BCUT2D eigenvalue weighted by atomic mass is 9.87. The van der Waals surface area contributed by atoms with Crippen molar-refractivity contribution in [1.29, 1.82) is 0 Å². The summed E-state index contributed by atoms with van der Waals surface area (Å²) < 4.78 is 5.42. The smallest absolute Gasteiger partial charge is 0.414 e. The Bertz CT molecular complexity index is 372. The van der Waals surface area contributed by atoms with Crippen molar-refractivity contribution in [2.45, 2.75) is 45.4 Å². The summed E-state index contributed by atoms with van der Waals surface area (Å²) in [6.45, 7) is 3.19. The molecule has 0 atom stereocenters. The van der Waals surface area contributed by atoms with Crippen molar-refractivity contribution in [1.82, 2.24) is 0 Å². The molecule has 0 N–H and O–H groups in total. The topological polar surface area (TPSA) is 29.5 Å². The average molecular weight is 281 g/mol. The van der Waals surface area contributed by atoms with Crippen molar-refractivity contribution in [3.63, 3.8) is 0 Å². The van der Waals surface area contributed by atoms with Crippen LogP contribution in [0.25, 0.3) is 0 Å². The molecule has 1 saturated carbocycles. The molecule has 0 spiro atoms. The zero-order valence-electron chi connectivity index (χ0n) is 11.6. The van der Waals surface area contributed by atoms with E-state index in [1.807, 2.05) is 24.4 Å². The normalized spacial score (nSPS) is 16.3. The summed E-state index contributed by atoms with van der Waals surface area (Å²) in [4.78, 5) is 13.7. The second kappa shape index (κ2) is 7.53. The molecule has 0 saturated heterocycles. The Hall–Kier alpha value is -1.03. The van der Waals surface area contributed by atoms with Crippen LogP contribution >= 0.6 is 11.3 Å². The van der Waals surface area contributed by atoms with Crippen LogP contribution in [0.15, 0.2) is 17.5 Å². The summed E-state index contributed by atoms with van der Waals surface area (Å²) >= 11 is 1.57. The van der Waals surface area contributed by atoms with Crippen LogP contribution in [-0.4, -0.2) is 19.2 Å². The molecular weight excluding hydrogens is 258 g/mol. The van der Waals surface area contributed by atoms with Crippen LogP contribution in [0, 0.1) is 5.92 Å². The number of anilines is 1. The van der Waals surface area contributed by atoms with Gasteiger partial charge < -0.3 is 4.74 Å². The van der Waals surface area contributed by atoms with Gasteiger partial charge in [0.05, 0.1) is 6.61 Å². The predicted molar refractivity (Wildman–Crippen MR) is 79.9 cm³/mol. The van der Waals surface area contributed by atoms with Gasteiger partial charge in [-0.25, -0.2) is 4.79 Å². The molecule has 0 aliphatic heterocycles. The van der Waals surface area contributed by atoms with Gasteiger partial charge >= 0.3 is 6.09 Å². The molecule has 1 aliphatic rings. The van der Waals surface area contributed by atoms with Gasteiger partial charge in [0.2, 0.25) is 0 Å². The Morgan fingerprint density at radius 2 is 2.21 bits per heavy atom. The molecular formula is C15H23NO2S. The number of ether oxygens (including phenoxy) is 1. The van der Waals surface area contributed by atoms with E-state index in [1.54, 1.807) is 16.2 Å². The molecule has 1 amide bonds. The Morgan fingerprint density at radius 3 is 2.84 bits per heavy atom. The Kier molecular flexibility index (Phi) is 5.70. The molecule has 4 heteroatoms. The number of amides is 1. The first-order chi connectivity index (χ1) is 9.31. The van der Waals surface area contributed by atoms with Gasteiger partial charge in [0.15, 0.2) is 0 Å². The zero-order valence-corrected chi connectivity index (χ0v) is 12.5. The highest BCUT2D eigenvalue weighted by molar-refractivity contribution is 7.14. The van der Waals surface area contributed by atoms with Crippen molar-refractivity contribution in [3.05, 3.63) is 17.5 Å². The summed E-state index contributed by atoms with van der Waals surface area (Å²) in [5, 5.41) is 2.94. The Balaban J connectivity index is 1.73. The molecule has 1 aliphatic carbocycles. The van der Waals surface area contributed by atoms with Crippen molar-refractivity contribution in [3.8, 4) is 0 Å². The number of nitrogens with zero attached hydrogens (tertiary/aromatic N) is 1. The van der Waals surface area contributed by atoms with Crippen molar-refractivity contribution in [2.75, 3.05) is 18.1 Å². The average Bonchev–Trinajstić information content (AvgIpc) is 2.95. The number of hydrogen-bond donors (Lipinski definition) is 0. The van der Waals surface area contributed by atoms with Crippen LogP contribution in [0.1, 0.15) is 45.4 Å². The van der Waals surface area contributed by atoms with Crippen LogP contribution in [-0.2, 0) is 4.74 Å². The molecule has 2 rings (SSSR count). The maximum atomic E-state index is 12.0. The molecule has 1 aromatic rings. The summed E-state index contributed by atoms with van der Waals surface area (Å²) in [5.74, 6) is 0.762. The van der Waals surface area contributed by atoms with Gasteiger partial charge in [0, 0.05) is 6.54 Å². The lowest BCUT2D eigenvalue weighted by Gasteiger charge is -2.22. The van der Waals surface area contributed by atoms with Gasteiger partial charge in [-0.05, 0) is 36.8 Å². The van der Waals surface area contributed by atoms with E-state index < -0.39 is 0 Å². The summed E-state index contributed by atoms with van der Waals surface area (Å²) in [6.07, 6.45) is 7.48. The van der Waals surface area contributed by atoms with E-state index in [1.165, 1.54) is 32.1 Å². The van der Waals surface area contributed by atoms with Crippen LogP contribution in [0.5, 0.6) is 0 Å². The first kappa shape index (κ1) is 14.4. The maximum Gasteiger partial charge on any atom is 0.414 e. The third-order valence-corrected chi connectivity index (χ3v) is 4.68. The highest BCUT2D eigenvalue weighted by Gasteiger charge is 2.18. The third-order valence-electron chi connectivity index (χ3n) is 3.79. The second-order valence-electron chi connectivity index (χ2n) is 5.10. The van der Waals surface area contributed by atoms with Gasteiger partial charge in [-0.3, -0.25) is 4.90 Å². The molecule has 1 aromatic heterocycles. The molecule has 0 unspecified atom stereocenters. The van der Waals surface area contributed by atoms with E-state index in [4.69, 9.17) is 4.74 Å². The maximum absolute atomic E-state index is 12.0. The van der Waals surface area contributed by atoms with E-state index >= 15 is 0 Å². The van der Waals surface area contributed by atoms with Crippen molar-refractivity contribution >= 4 is 22.4 Å². The highest BCUT2D eigenvalue weighted by Crippen LogP contribution is 2.26. The van der Waals surface area contributed by atoms with Crippen molar-refractivity contribution in [2.24, 2.45) is 5.92 Å². The third kappa shape index (κ3) is 4.23. The van der Waals surface area contributed by atoms with E-state index in [9.17, 15) is 4.79 Å². The van der Waals surface area contributed by atoms with Crippen LogP contribution < -0.4 is 4.90 Å². The van der Waals surface area contributed by atoms with Gasteiger partial charge in [-0.2, -0.15) is 0 Å². The van der Waals surface area contributed by atoms with Gasteiger partial charge in [0.1, 0.15) is 5.00 Å². The number of rotatable bonds is 5. The van der Waals surface area contributed by atoms with Crippen LogP contribution in [0.2, 0.25) is 0 Å². The Labute approximate surface area is 119 Å². The SMILES string of the molecule is CCN(C(=O)OCCC1CCCCC1)c1cccs1. The summed E-state index contributed by atoms with van der Waals surface area (Å²) in [6, 6.07) is 3.91. The monoisotopic (exact) mass is 281 g/mol. The minimum atomic E-state index is -0.208. The molecule has 3 nitrogen and oxygen atoms in total. The largest absolute Gasteiger partial charge is 0.449 e. The summed E-state index contributed by atoms with van der Waals surface area (Å²) in [7, 11) is 0. The standard InChI is InChI=1S/C15H23NO2S/c1-2-16(14-9-6-12-19-14)15(17)18-11-10-13-7-4-3-5-8-13/h6,9,12-13H,2-5,7-8,10-11H2,1H3. The van der Waals surface area contributed by atoms with E-state index in [-0.39, 0.29) is 6.09 Å². The molecule has 106 valence electrons. The van der Waals surface area contributed by atoms with Gasteiger partial charge in [-0.1, -0.05) is 32.1 Å². The lowest BCUT2D eigenvalue weighted by molar-refractivity contribution is 0.141. The number of hydrogen-bond acceptors (Lipinski definition) is 3. The first-order valence-corrected chi connectivity index (χ1v) is 8.17. The number of thiophene rings is 1. The van der Waals surface area contributed by atoms with E-state index in [0.717, 1.165) is 17.3 Å². The predicted octanol–water partition coefficient (Wildman–Crippen LogP) is 4.68. The zero-order chi connectivity index (χ0) is 13.5. The van der Waals surface area contributed by atoms with E-state index in [0.29, 0.717) is 13.2 Å². The Morgan fingerprint density at radius 1 is 1.42 bits per heavy atom. The van der Waals surface area contributed by atoms with E-state index in [2.05, 4.69) is 0 Å². The molecule has 0 aromatic carbocycles. The van der Waals surface area contributed by atoms with Gasteiger partial charge in [0.25, 0.3) is 0 Å². The molecule has 19 heavy (non-hydrogen) atoms. The molecule has 1 heterocycles. The van der Waals surface area contributed by atoms with Crippen LogP contribution in [0.4, 0.5) is 9.80 Å². The highest BCUT2D eigenvalue weighted by atomic mass is 32.1. The lowest BCUT2D eigenvalue weighted by Crippen LogP contribution is -2.31. The van der Waals surface area contributed by atoms with Gasteiger partial charge in [-0.15, -0.1) is 11.3 Å². The number of carbonyl (C=O) groups excluding carboxylic acids is 1. The fraction of sp³-hybridized carbons (Fsp3) is 0.667. The molecule has 1 fully saturated rings. The minimum absolute atomic E-state index is 0.208. The number of carbonyl (C=O) groups is 1. The fourth-order valence-corrected chi connectivity index (χ4v) is 3.45. The fourth-order valence-electron chi connectivity index (χ4n) is 2.67. The molecule has 0 radical (unpaired) electrons. The first-order valence-electron chi connectivity index (χ1n) is 7.29. The van der Waals surface area contributed by atoms with Crippen molar-refractivity contribution < 1.29 is 9.53 Å².